The first-order chi connectivity index (χ1) is 19.9. The molecule has 1 spiro atoms. The summed E-state index contributed by atoms with van der Waals surface area (Å²) in [6.45, 7) is 10.1. The van der Waals surface area contributed by atoms with Gasteiger partial charge in [0.15, 0.2) is 5.60 Å². The summed E-state index contributed by atoms with van der Waals surface area (Å²) in [6.07, 6.45) is 2.36. The number of aryl methyl sites for hydroxylation is 1. The van der Waals surface area contributed by atoms with Crippen LogP contribution in [0.15, 0.2) is 84.9 Å². The van der Waals surface area contributed by atoms with Crippen molar-refractivity contribution in [3.05, 3.63) is 113 Å². The van der Waals surface area contributed by atoms with E-state index in [1.54, 1.807) is 0 Å². The lowest BCUT2D eigenvalue weighted by Gasteiger charge is -2.38. The SMILES string of the molecule is CCC1CN(c2ccc3c(c2)Oc2cc(C)c(Nc4ccccc4)cc2C32OC(=O)c3ccccc32)C(C)C1CC. The van der Waals surface area contributed by atoms with E-state index in [9.17, 15) is 4.79 Å². The van der Waals surface area contributed by atoms with E-state index in [-0.39, 0.29) is 5.97 Å². The number of para-hydroxylation sites is 1. The second-order valence-electron chi connectivity index (χ2n) is 11.7. The third-order valence-electron chi connectivity index (χ3n) is 9.57. The second kappa shape index (κ2) is 9.69. The van der Waals surface area contributed by atoms with Gasteiger partial charge in [-0.05, 0) is 73.7 Å². The van der Waals surface area contributed by atoms with Gasteiger partial charge in [0.25, 0.3) is 0 Å². The first kappa shape index (κ1) is 25.7. The van der Waals surface area contributed by atoms with E-state index in [1.165, 1.54) is 12.8 Å². The van der Waals surface area contributed by atoms with Crippen LogP contribution in [0.5, 0.6) is 11.5 Å². The molecule has 0 aliphatic carbocycles. The number of fused-ring (bicyclic) bond motifs is 6. The van der Waals surface area contributed by atoms with Gasteiger partial charge in [0.1, 0.15) is 11.5 Å². The van der Waals surface area contributed by atoms with Crippen molar-refractivity contribution in [1.29, 1.82) is 0 Å². The molecule has 3 heterocycles. The molecule has 0 amide bonds. The van der Waals surface area contributed by atoms with E-state index in [0.717, 1.165) is 51.6 Å². The summed E-state index contributed by atoms with van der Waals surface area (Å²) in [5.74, 6) is 2.49. The second-order valence-corrected chi connectivity index (χ2v) is 11.7. The van der Waals surface area contributed by atoms with Crippen molar-refractivity contribution < 1.29 is 14.3 Å². The maximum Gasteiger partial charge on any atom is 0.340 e. The third-order valence-corrected chi connectivity index (χ3v) is 9.57. The zero-order chi connectivity index (χ0) is 28.3. The number of nitrogens with one attached hydrogen (secondary N) is 1. The minimum Gasteiger partial charge on any atom is -0.456 e. The van der Waals surface area contributed by atoms with Crippen LogP contribution in [0.1, 0.15) is 66.2 Å². The van der Waals surface area contributed by atoms with Crippen LogP contribution in [0.3, 0.4) is 0 Å². The standard InChI is InChI=1S/C36H36N2O3/c1-5-24-21-38(23(4)27(24)6-2)26-16-17-30-34(19-26)40-33-18-22(3)32(37-25-12-8-7-9-13-25)20-31(33)36(30)29-15-11-10-14-28(29)35(39)41-36/h7-20,23-24,27,37H,5-6,21H2,1-4H3. The number of nitrogens with zero attached hydrogens (tertiary/aromatic N) is 1. The fraction of sp³-hybridized carbons (Fsp3) is 0.306. The van der Waals surface area contributed by atoms with Gasteiger partial charge in [0.05, 0.1) is 5.56 Å². The zero-order valence-electron chi connectivity index (χ0n) is 24.1. The molecule has 3 aliphatic rings. The Kier molecular flexibility index (Phi) is 6.07. The highest BCUT2D eigenvalue weighted by atomic mass is 16.6. The highest BCUT2D eigenvalue weighted by Gasteiger charge is 2.54. The maximum atomic E-state index is 13.4. The molecule has 4 unspecified atom stereocenters. The highest BCUT2D eigenvalue weighted by Crippen LogP contribution is 2.57. The Bertz CT molecular complexity index is 1650. The van der Waals surface area contributed by atoms with Crippen molar-refractivity contribution in [2.45, 2.75) is 52.2 Å². The van der Waals surface area contributed by atoms with Gasteiger partial charge < -0.3 is 19.7 Å². The van der Waals surface area contributed by atoms with E-state index in [0.29, 0.717) is 29.2 Å². The van der Waals surface area contributed by atoms with Crippen LogP contribution >= 0.6 is 0 Å². The lowest BCUT2D eigenvalue weighted by Crippen LogP contribution is -2.34. The van der Waals surface area contributed by atoms with Gasteiger partial charge in [-0.15, -0.1) is 0 Å². The Morgan fingerprint density at radius 1 is 0.878 bits per heavy atom. The highest BCUT2D eigenvalue weighted by molar-refractivity contribution is 5.97. The first-order valence-electron chi connectivity index (χ1n) is 14.8. The smallest absolute Gasteiger partial charge is 0.340 e. The van der Waals surface area contributed by atoms with E-state index in [4.69, 9.17) is 9.47 Å². The fourth-order valence-electron chi connectivity index (χ4n) is 7.42. The monoisotopic (exact) mass is 544 g/mol. The molecule has 4 atom stereocenters. The van der Waals surface area contributed by atoms with Crippen LogP contribution < -0.4 is 15.0 Å². The number of rotatable bonds is 5. The topological polar surface area (TPSA) is 50.8 Å². The number of esters is 1. The molecule has 208 valence electrons. The summed E-state index contributed by atoms with van der Waals surface area (Å²) in [6, 6.07) is 28.9. The van der Waals surface area contributed by atoms with Crippen LogP contribution in [0.2, 0.25) is 0 Å². The van der Waals surface area contributed by atoms with Gasteiger partial charge in [-0.1, -0.05) is 63.1 Å². The Balaban J connectivity index is 1.39. The van der Waals surface area contributed by atoms with Crippen LogP contribution in [0.25, 0.3) is 0 Å². The molecule has 3 aliphatic heterocycles. The van der Waals surface area contributed by atoms with Gasteiger partial charge in [0, 0.05) is 52.4 Å². The molecular formula is C36H36N2O3. The van der Waals surface area contributed by atoms with Crippen molar-refractivity contribution in [3.63, 3.8) is 0 Å². The van der Waals surface area contributed by atoms with Crippen molar-refractivity contribution in [1.82, 2.24) is 0 Å². The van der Waals surface area contributed by atoms with Gasteiger partial charge in [-0.2, -0.15) is 0 Å². The van der Waals surface area contributed by atoms with Crippen molar-refractivity contribution in [2.75, 3.05) is 16.8 Å². The predicted molar refractivity (Wildman–Crippen MR) is 164 cm³/mol. The Labute approximate surface area is 242 Å². The summed E-state index contributed by atoms with van der Waals surface area (Å²) >= 11 is 0. The largest absolute Gasteiger partial charge is 0.456 e. The molecule has 0 bridgehead atoms. The fourth-order valence-corrected chi connectivity index (χ4v) is 7.42. The number of benzene rings is 4. The molecule has 1 fully saturated rings. The van der Waals surface area contributed by atoms with Crippen LogP contribution in [0.4, 0.5) is 17.1 Å². The van der Waals surface area contributed by atoms with Crippen LogP contribution in [-0.2, 0) is 10.3 Å². The molecular weight excluding hydrogens is 508 g/mol. The molecule has 5 heteroatoms. The number of hydrogen-bond acceptors (Lipinski definition) is 5. The number of anilines is 3. The molecule has 4 aromatic carbocycles. The van der Waals surface area contributed by atoms with Gasteiger partial charge in [-0.3, -0.25) is 0 Å². The molecule has 4 aromatic rings. The normalized spacial score (nSPS) is 24.0. The van der Waals surface area contributed by atoms with Gasteiger partial charge in [0.2, 0.25) is 0 Å². The van der Waals surface area contributed by atoms with E-state index in [2.05, 4.69) is 68.2 Å². The summed E-state index contributed by atoms with van der Waals surface area (Å²) < 4.78 is 13.1. The summed E-state index contributed by atoms with van der Waals surface area (Å²) in [7, 11) is 0. The summed E-state index contributed by atoms with van der Waals surface area (Å²) in [5, 5.41) is 3.56. The maximum absolute atomic E-state index is 13.4. The zero-order valence-corrected chi connectivity index (χ0v) is 24.1. The van der Waals surface area contributed by atoms with Crippen LogP contribution in [-0.4, -0.2) is 18.6 Å². The molecule has 1 saturated heterocycles. The quantitative estimate of drug-likeness (QED) is 0.255. The molecule has 0 saturated carbocycles. The summed E-state index contributed by atoms with van der Waals surface area (Å²) in [4.78, 5) is 15.9. The molecule has 0 aromatic heterocycles. The summed E-state index contributed by atoms with van der Waals surface area (Å²) in [5.41, 5.74) is 6.17. The molecule has 5 nitrogen and oxygen atoms in total. The number of hydrogen-bond donors (Lipinski definition) is 1. The van der Waals surface area contributed by atoms with E-state index in [1.807, 2.05) is 54.6 Å². The molecule has 0 radical (unpaired) electrons. The van der Waals surface area contributed by atoms with Gasteiger partial charge in [-0.25, -0.2) is 4.79 Å². The minimum atomic E-state index is -1.09. The molecule has 7 rings (SSSR count). The lowest BCUT2D eigenvalue weighted by molar-refractivity contribution is 0.0224. The Morgan fingerprint density at radius 2 is 1.63 bits per heavy atom. The van der Waals surface area contributed by atoms with Crippen LogP contribution in [0, 0.1) is 18.8 Å². The average Bonchev–Trinajstić information content (AvgIpc) is 3.48. The number of ether oxygens (including phenoxy) is 2. The van der Waals surface area contributed by atoms with Crippen molar-refractivity contribution >= 4 is 23.0 Å². The van der Waals surface area contributed by atoms with Crippen molar-refractivity contribution in [2.24, 2.45) is 11.8 Å². The first-order valence-corrected chi connectivity index (χ1v) is 14.8. The average molecular weight is 545 g/mol. The molecule has 1 N–H and O–H groups in total. The molecule has 41 heavy (non-hydrogen) atoms. The Hall–Kier alpha value is -4.25. The number of carbonyl (C=O) groups is 1. The van der Waals surface area contributed by atoms with Gasteiger partial charge >= 0.3 is 5.97 Å². The minimum absolute atomic E-state index is 0.314. The number of carbonyl (C=O) groups excluding carboxylic acids is 1. The Morgan fingerprint density at radius 3 is 2.39 bits per heavy atom. The van der Waals surface area contributed by atoms with E-state index >= 15 is 0 Å². The lowest BCUT2D eigenvalue weighted by atomic mass is 9.77. The van der Waals surface area contributed by atoms with E-state index < -0.39 is 5.60 Å². The van der Waals surface area contributed by atoms with Crippen molar-refractivity contribution in [3.8, 4) is 11.5 Å². The third kappa shape index (κ3) is 3.86. The predicted octanol–water partition coefficient (Wildman–Crippen LogP) is 8.57.